The number of hydrogen-bond acceptors (Lipinski definition) is 4. The maximum absolute atomic E-state index is 13.0. The van der Waals surface area contributed by atoms with Gasteiger partial charge < -0.3 is 9.73 Å². The molecule has 0 radical (unpaired) electrons. The van der Waals surface area contributed by atoms with Crippen LogP contribution in [-0.2, 0) is 11.3 Å². The molecule has 1 aromatic carbocycles. The molecule has 7 heteroatoms. The van der Waals surface area contributed by atoms with Crippen LogP contribution in [0.3, 0.4) is 0 Å². The maximum Gasteiger partial charge on any atom is 0.253 e. The van der Waals surface area contributed by atoms with E-state index in [9.17, 15) is 14.0 Å². The summed E-state index contributed by atoms with van der Waals surface area (Å²) in [6, 6.07) is 10.6. The molecule has 1 amide bonds. The van der Waals surface area contributed by atoms with Gasteiger partial charge in [-0.3, -0.25) is 14.2 Å². The third kappa shape index (κ3) is 4.54. The topological polar surface area (TPSA) is 77.1 Å². The van der Waals surface area contributed by atoms with E-state index in [4.69, 9.17) is 4.42 Å². The number of furan rings is 1. The predicted molar refractivity (Wildman–Crippen MR) is 94.6 cm³/mol. The number of carbonyl (C=O) groups is 1. The first kappa shape index (κ1) is 17.3. The predicted octanol–water partition coefficient (Wildman–Crippen LogP) is 2.47. The third-order valence-electron chi connectivity index (χ3n) is 3.61. The van der Waals surface area contributed by atoms with Crippen LogP contribution in [0, 0.1) is 5.82 Å². The van der Waals surface area contributed by atoms with Crippen molar-refractivity contribution >= 4 is 12.0 Å². The molecule has 6 nitrogen and oxygen atoms in total. The lowest BCUT2D eigenvalue weighted by molar-refractivity contribution is -0.116. The van der Waals surface area contributed by atoms with Gasteiger partial charge in [0.15, 0.2) is 0 Å². The van der Waals surface area contributed by atoms with E-state index < -0.39 is 0 Å². The van der Waals surface area contributed by atoms with E-state index in [1.807, 2.05) is 0 Å². The summed E-state index contributed by atoms with van der Waals surface area (Å²) in [5.41, 5.74) is 0.878. The highest BCUT2D eigenvalue weighted by Crippen LogP contribution is 2.14. The monoisotopic (exact) mass is 353 g/mol. The van der Waals surface area contributed by atoms with Crippen LogP contribution >= 0.6 is 0 Å². The fraction of sp³-hybridized carbons (Fsp3) is 0.105. The SMILES string of the molecule is O=C(/C=C/c1ccco1)NCCn1cnc(-c2ccc(F)cc2)cc1=O. The van der Waals surface area contributed by atoms with Crippen LogP contribution in [0.25, 0.3) is 17.3 Å². The molecule has 3 aromatic rings. The van der Waals surface area contributed by atoms with E-state index in [1.54, 1.807) is 30.3 Å². The fourth-order valence-electron chi connectivity index (χ4n) is 2.27. The average Bonchev–Trinajstić information content (AvgIpc) is 3.15. The molecule has 2 aromatic heterocycles. The Morgan fingerprint density at radius 2 is 2.08 bits per heavy atom. The number of nitrogens with one attached hydrogen (secondary N) is 1. The number of rotatable bonds is 6. The van der Waals surface area contributed by atoms with Crippen LogP contribution in [0.1, 0.15) is 5.76 Å². The van der Waals surface area contributed by atoms with E-state index in [0.29, 0.717) is 17.0 Å². The fourth-order valence-corrected chi connectivity index (χ4v) is 2.27. The Morgan fingerprint density at radius 1 is 1.27 bits per heavy atom. The van der Waals surface area contributed by atoms with Gasteiger partial charge in [0, 0.05) is 30.8 Å². The summed E-state index contributed by atoms with van der Waals surface area (Å²) < 4.78 is 19.4. The summed E-state index contributed by atoms with van der Waals surface area (Å²) in [6.07, 6.45) is 5.84. The van der Waals surface area contributed by atoms with Crippen molar-refractivity contribution in [3.8, 4) is 11.3 Å². The van der Waals surface area contributed by atoms with Gasteiger partial charge in [-0.2, -0.15) is 0 Å². The molecule has 0 saturated carbocycles. The Labute approximate surface area is 148 Å². The van der Waals surface area contributed by atoms with Crippen molar-refractivity contribution in [1.82, 2.24) is 14.9 Å². The molecule has 0 unspecified atom stereocenters. The maximum atomic E-state index is 13.0. The highest BCUT2D eigenvalue weighted by atomic mass is 19.1. The van der Waals surface area contributed by atoms with Gasteiger partial charge in [0.1, 0.15) is 11.6 Å². The van der Waals surface area contributed by atoms with Gasteiger partial charge in [-0.15, -0.1) is 0 Å². The lowest BCUT2D eigenvalue weighted by Crippen LogP contribution is -2.29. The van der Waals surface area contributed by atoms with Crippen molar-refractivity contribution in [1.29, 1.82) is 0 Å². The average molecular weight is 353 g/mol. The second kappa shape index (κ2) is 8.06. The zero-order chi connectivity index (χ0) is 18.4. The summed E-state index contributed by atoms with van der Waals surface area (Å²) in [4.78, 5) is 28.1. The van der Waals surface area contributed by atoms with Crippen molar-refractivity contribution < 1.29 is 13.6 Å². The summed E-state index contributed by atoms with van der Waals surface area (Å²) in [5.74, 6) is -0.0544. The summed E-state index contributed by atoms with van der Waals surface area (Å²) >= 11 is 0. The van der Waals surface area contributed by atoms with Crippen LogP contribution in [0.2, 0.25) is 0 Å². The Kier molecular flexibility index (Phi) is 5.38. The number of amides is 1. The first-order valence-electron chi connectivity index (χ1n) is 7.94. The van der Waals surface area contributed by atoms with Crippen molar-refractivity contribution in [3.05, 3.63) is 83.1 Å². The van der Waals surface area contributed by atoms with Crippen LogP contribution in [0.15, 0.2) is 70.3 Å². The zero-order valence-electron chi connectivity index (χ0n) is 13.8. The quantitative estimate of drug-likeness (QED) is 0.691. The minimum Gasteiger partial charge on any atom is -0.465 e. The van der Waals surface area contributed by atoms with Crippen LogP contribution in [0.4, 0.5) is 4.39 Å². The van der Waals surface area contributed by atoms with Gasteiger partial charge in [0.2, 0.25) is 5.91 Å². The van der Waals surface area contributed by atoms with Gasteiger partial charge in [-0.25, -0.2) is 9.37 Å². The van der Waals surface area contributed by atoms with Gasteiger partial charge in [-0.1, -0.05) is 0 Å². The van der Waals surface area contributed by atoms with E-state index in [1.165, 1.54) is 41.4 Å². The number of carbonyl (C=O) groups excluding carboxylic acids is 1. The molecule has 3 rings (SSSR count). The lowest BCUT2D eigenvalue weighted by Gasteiger charge is -2.07. The molecular formula is C19H16FN3O3. The molecule has 0 saturated heterocycles. The number of halogens is 1. The highest BCUT2D eigenvalue weighted by molar-refractivity contribution is 5.91. The molecule has 0 aliphatic rings. The van der Waals surface area contributed by atoms with Gasteiger partial charge >= 0.3 is 0 Å². The molecule has 132 valence electrons. The van der Waals surface area contributed by atoms with Crippen LogP contribution < -0.4 is 10.9 Å². The van der Waals surface area contributed by atoms with E-state index in [2.05, 4.69) is 10.3 Å². The van der Waals surface area contributed by atoms with Crippen LogP contribution in [0.5, 0.6) is 0 Å². The summed E-state index contributed by atoms with van der Waals surface area (Å²) in [5, 5.41) is 2.68. The summed E-state index contributed by atoms with van der Waals surface area (Å²) in [7, 11) is 0. The van der Waals surface area contributed by atoms with Crippen molar-refractivity contribution in [2.45, 2.75) is 6.54 Å². The molecule has 0 spiro atoms. The molecular weight excluding hydrogens is 337 g/mol. The standard InChI is InChI=1S/C19H16FN3O3/c20-15-5-3-14(4-6-15)17-12-19(25)23(13-22-17)10-9-21-18(24)8-7-16-2-1-11-26-16/h1-8,11-13H,9-10H2,(H,21,24)/b8-7+. The molecule has 1 N–H and O–H groups in total. The Balaban J connectivity index is 1.56. The normalized spacial score (nSPS) is 11.0. The third-order valence-corrected chi connectivity index (χ3v) is 3.61. The molecule has 2 heterocycles. The first-order valence-corrected chi connectivity index (χ1v) is 7.94. The lowest BCUT2D eigenvalue weighted by atomic mass is 10.1. The Bertz CT molecular complexity index is 960. The first-order chi connectivity index (χ1) is 12.6. The molecule has 0 atom stereocenters. The minimum absolute atomic E-state index is 0.250. The van der Waals surface area contributed by atoms with Crippen molar-refractivity contribution in [3.63, 3.8) is 0 Å². The number of nitrogens with zero attached hydrogens (tertiary/aromatic N) is 2. The molecule has 26 heavy (non-hydrogen) atoms. The number of hydrogen-bond donors (Lipinski definition) is 1. The number of aromatic nitrogens is 2. The zero-order valence-corrected chi connectivity index (χ0v) is 13.8. The molecule has 0 bridgehead atoms. The molecule has 0 aliphatic heterocycles. The number of benzene rings is 1. The second-order valence-electron chi connectivity index (χ2n) is 5.45. The summed E-state index contributed by atoms with van der Waals surface area (Å²) in [6.45, 7) is 0.564. The van der Waals surface area contributed by atoms with Gasteiger partial charge in [-0.05, 0) is 42.5 Å². The van der Waals surface area contributed by atoms with Crippen molar-refractivity contribution in [2.24, 2.45) is 0 Å². The largest absolute Gasteiger partial charge is 0.465 e. The molecule has 0 aliphatic carbocycles. The van der Waals surface area contributed by atoms with Gasteiger partial charge in [0.25, 0.3) is 5.56 Å². The van der Waals surface area contributed by atoms with Crippen LogP contribution in [-0.4, -0.2) is 22.0 Å². The second-order valence-corrected chi connectivity index (χ2v) is 5.45. The molecule has 0 fully saturated rings. The minimum atomic E-state index is -0.348. The van der Waals surface area contributed by atoms with Gasteiger partial charge in [0.05, 0.1) is 18.3 Å². The Morgan fingerprint density at radius 3 is 2.77 bits per heavy atom. The smallest absolute Gasteiger partial charge is 0.253 e. The van der Waals surface area contributed by atoms with Crippen molar-refractivity contribution in [2.75, 3.05) is 6.54 Å². The van der Waals surface area contributed by atoms with E-state index in [-0.39, 0.29) is 30.4 Å². The Hall–Kier alpha value is -3.48. The van der Waals surface area contributed by atoms with E-state index >= 15 is 0 Å². The van der Waals surface area contributed by atoms with E-state index in [0.717, 1.165) is 0 Å². The highest BCUT2D eigenvalue weighted by Gasteiger charge is 2.04.